The molecule has 0 atom stereocenters. The van der Waals surface area contributed by atoms with E-state index >= 15 is 0 Å². The molecule has 16 heavy (non-hydrogen) atoms. The van der Waals surface area contributed by atoms with Crippen LogP contribution in [-0.2, 0) is 0 Å². The van der Waals surface area contributed by atoms with Gasteiger partial charge in [0.05, 0.1) is 21.2 Å². The van der Waals surface area contributed by atoms with Crippen molar-refractivity contribution in [3.63, 3.8) is 0 Å². The van der Waals surface area contributed by atoms with Crippen LogP contribution in [0.4, 0.5) is 0 Å². The summed E-state index contributed by atoms with van der Waals surface area (Å²) < 4.78 is 0.632. The van der Waals surface area contributed by atoms with Crippen LogP contribution in [0.1, 0.15) is 9.67 Å². The summed E-state index contributed by atoms with van der Waals surface area (Å²) in [6, 6.07) is 3.47. The Morgan fingerprint density at radius 2 is 2.31 bits per heavy atom. The molecule has 0 N–H and O–H groups in total. The van der Waals surface area contributed by atoms with Gasteiger partial charge in [-0.2, -0.15) is 0 Å². The highest BCUT2D eigenvalue weighted by atomic mass is 35.5. The Hall–Kier alpha value is -0.910. The number of carbonyl (C=O) groups is 1. The summed E-state index contributed by atoms with van der Waals surface area (Å²) in [7, 11) is 0. The zero-order valence-electron chi connectivity index (χ0n) is 8.09. The van der Waals surface area contributed by atoms with Crippen molar-refractivity contribution in [1.82, 2.24) is 9.97 Å². The largest absolute Gasteiger partial charge is 0.292 e. The molecule has 0 fully saturated rings. The minimum Gasteiger partial charge on any atom is -0.292 e. The maximum atomic E-state index is 11.7. The molecular weight excluding hydrogens is 264 g/mol. The number of halogens is 1. The molecule has 0 aromatic carbocycles. The quantitative estimate of drug-likeness (QED) is 0.632. The number of rotatable bonds is 4. The molecule has 0 saturated heterocycles. The molecule has 2 aromatic heterocycles. The van der Waals surface area contributed by atoms with Crippen molar-refractivity contribution >= 4 is 40.5 Å². The highest BCUT2D eigenvalue weighted by Gasteiger charge is 2.09. The molecule has 2 heterocycles. The van der Waals surface area contributed by atoms with E-state index in [1.54, 1.807) is 30.7 Å². The van der Waals surface area contributed by atoms with Crippen LogP contribution in [0.3, 0.4) is 0 Å². The molecule has 0 aliphatic carbocycles. The number of carbonyl (C=O) groups excluding carboxylic acids is 1. The van der Waals surface area contributed by atoms with Crippen LogP contribution in [0.25, 0.3) is 0 Å². The first-order valence-corrected chi connectivity index (χ1v) is 6.61. The molecule has 0 aliphatic rings. The number of Topliss-reactive ketones (excluding diaryl/α,β-unsaturated/α-hetero) is 1. The fourth-order valence-corrected chi connectivity index (χ4v) is 2.81. The van der Waals surface area contributed by atoms with Gasteiger partial charge in [0.25, 0.3) is 0 Å². The van der Waals surface area contributed by atoms with Gasteiger partial charge in [0.2, 0.25) is 0 Å². The van der Waals surface area contributed by atoms with Crippen molar-refractivity contribution in [3.8, 4) is 0 Å². The van der Waals surface area contributed by atoms with Gasteiger partial charge >= 0.3 is 0 Å². The fraction of sp³-hybridized carbons (Fsp3) is 0.100. The van der Waals surface area contributed by atoms with Crippen molar-refractivity contribution in [3.05, 3.63) is 39.9 Å². The first-order valence-electron chi connectivity index (χ1n) is 4.43. The van der Waals surface area contributed by atoms with Gasteiger partial charge in [-0.1, -0.05) is 23.4 Å². The third kappa shape index (κ3) is 3.04. The summed E-state index contributed by atoms with van der Waals surface area (Å²) in [5.41, 5.74) is 0. The monoisotopic (exact) mass is 270 g/mol. The summed E-state index contributed by atoms with van der Waals surface area (Å²) in [6.07, 6.45) is 4.85. The van der Waals surface area contributed by atoms with E-state index in [-0.39, 0.29) is 5.78 Å². The van der Waals surface area contributed by atoms with Gasteiger partial charge < -0.3 is 0 Å². The Bertz CT molecular complexity index is 487. The van der Waals surface area contributed by atoms with Gasteiger partial charge in [-0.15, -0.1) is 11.3 Å². The summed E-state index contributed by atoms with van der Waals surface area (Å²) in [5.74, 6) is 0.419. The van der Waals surface area contributed by atoms with Gasteiger partial charge in [0.15, 0.2) is 5.78 Å². The number of hydrogen-bond donors (Lipinski definition) is 0. The zero-order valence-corrected chi connectivity index (χ0v) is 10.5. The number of thioether (sulfide) groups is 1. The molecule has 3 nitrogen and oxygen atoms in total. The van der Waals surface area contributed by atoms with E-state index in [0.717, 1.165) is 5.03 Å². The molecule has 2 rings (SSSR count). The lowest BCUT2D eigenvalue weighted by Crippen LogP contribution is -1.99. The molecule has 2 aromatic rings. The number of ketones is 1. The number of aromatic nitrogens is 2. The topological polar surface area (TPSA) is 42.9 Å². The van der Waals surface area contributed by atoms with Gasteiger partial charge in [-0.3, -0.25) is 9.78 Å². The second-order valence-electron chi connectivity index (χ2n) is 2.86. The third-order valence-electron chi connectivity index (χ3n) is 1.74. The second kappa shape index (κ2) is 5.43. The Morgan fingerprint density at radius 3 is 2.94 bits per heavy atom. The molecule has 0 spiro atoms. The highest BCUT2D eigenvalue weighted by Crippen LogP contribution is 2.24. The van der Waals surface area contributed by atoms with E-state index in [9.17, 15) is 4.79 Å². The lowest BCUT2D eigenvalue weighted by Gasteiger charge is -1.97. The summed E-state index contributed by atoms with van der Waals surface area (Å²) >= 11 is 8.43. The fourth-order valence-electron chi connectivity index (χ4n) is 1.03. The van der Waals surface area contributed by atoms with Gasteiger partial charge in [0.1, 0.15) is 5.03 Å². The van der Waals surface area contributed by atoms with Gasteiger partial charge in [0, 0.05) is 12.4 Å². The molecule has 82 valence electrons. The molecule has 0 unspecified atom stereocenters. The average molecular weight is 271 g/mol. The first-order chi connectivity index (χ1) is 7.75. The summed E-state index contributed by atoms with van der Waals surface area (Å²) in [5, 5.41) is 0.749. The normalized spacial score (nSPS) is 10.3. The lowest BCUT2D eigenvalue weighted by atomic mass is 10.4. The molecule has 0 radical (unpaired) electrons. The maximum absolute atomic E-state index is 11.7. The van der Waals surface area contributed by atoms with Gasteiger partial charge in [-0.25, -0.2) is 4.98 Å². The Balaban J connectivity index is 1.94. The molecule has 6 heteroatoms. The zero-order chi connectivity index (χ0) is 11.4. The minimum absolute atomic E-state index is 0.0625. The average Bonchev–Trinajstić information content (AvgIpc) is 2.74. The van der Waals surface area contributed by atoms with E-state index in [4.69, 9.17) is 11.6 Å². The molecule has 0 bridgehead atoms. The Morgan fingerprint density at radius 1 is 1.44 bits per heavy atom. The van der Waals surface area contributed by atoms with Crippen LogP contribution < -0.4 is 0 Å². The Labute approximate surface area is 106 Å². The second-order valence-corrected chi connectivity index (χ2v) is 5.57. The van der Waals surface area contributed by atoms with Crippen molar-refractivity contribution in [2.45, 2.75) is 5.03 Å². The van der Waals surface area contributed by atoms with Crippen LogP contribution in [0.15, 0.2) is 35.7 Å². The van der Waals surface area contributed by atoms with E-state index in [1.807, 2.05) is 0 Å². The Kier molecular flexibility index (Phi) is 3.93. The highest BCUT2D eigenvalue weighted by molar-refractivity contribution is 7.99. The van der Waals surface area contributed by atoms with E-state index in [1.165, 1.54) is 23.1 Å². The number of thiophene rings is 1. The third-order valence-corrected chi connectivity index (χ3v) is 3.92. The van der Waals surface area contributed by atoms with E-state index in [2.05, 4.69) is 9.97 Å². The molecule has 0 aliphatic heterocycles. The molecule has 0 amide bonds. The standard InChI is InChI=1S/C10H7ClN2OS2/c11-9-2-1-8(16-9)7(14)6-15-10-5-12-3-4-13-10/h1-5H,6H2. The van der Waals surface area contributed by atoms with Crippen LogP contribution in [-0.4, -0.2) is 21.5 Å². The van der Waals surface area contributed by atoms with E-state index < -0.39 is 0 Å². The van der Waals surface area contributed by atoms with Crippen LogP contribution >= 0.6 is 34.7 Å². The molecule has 0 saturated carbocycles. The van der Waals surface area contributed by atoms with Crippen molar-refractivity contribution in [2.75, 3.05) is 5.75 Å². The first kappa shape index (κ1) is 11.6. The van der Waals surface area contributed by atoms with Crippen LogP contribution in [0.2, 0.25) is 4.34 Å². The maximum Gasteiger partial charge on any atom is 0.183 e. The van der Waals surface area contributed by atoms with E-state index in [0.29, 0.717) is 15.0 Å². The van der Waals surface area contributed by atoms with Crippen molar-refractivity contribution in [2.24, 2.45) is 0 Å². The predicted octanol–water partition coefficient (Wildman–Crippen LogP) is 3.17. The van der Waals surface area contributed by atoms with Crippen LogP contribution in [0, 0.1) is 0 Å². The minimum atomic E-state index is 0.0625. The number of hydrogen-bond acceptors (Lipinski definition) is 5. The van der Waals surface area contributed by atoms with Crippen LogP contribution in [0.5, 0.6) is 0 Å². The van der Waals surface area contributed by atoms with Gasteiger partial charge in [-0.05, 0) is 12.1 Å². The van der Waals surface area contributed by atoms with Crippen molar-refractivity contribution in [1.29, 1.82) is 0 Å². The number of nitrogens with zero attached hydrogens (tertiary/aromatic N) is 2. The summed E-state index contributed by atoms with van der Waals surface area (Å²) in [4.78, 5) is 20.4. The lowest BCUT2D eigenvalue weighted by molar-refractivity contribution is 0.102. The predicted molar refractivity (Wildman–Crippen MR) is 66.4 cm³/mol. The molecular formula is C10H7ClN2OS2. The van der Waals surface area contributed by atoms with Crippen molar-refractivity contribution < 1.29 is 4.79 Å². The summed E-state index contributed by atoms with van der Waals surface area (Å²) in [6.45, 7) is 0. The SMILES string of the molecule is O=C(CSc1cnccn1)c1ccc(Cl)s1. The smallest absolute Gasteiger partial charge is 0.183 e.